The lowest BCUT2D eigenvalue weighted by atomic mass is 10.2. The summed E-state index contributed by atoms with van der Waals surface area (Å²) in [7, 11) is 1.67. The Hall–Kier alpha value is -1.96. The van der Waals surface area contributed by atoms with Crippen molar-refractivity contribution in [3.8, 4) is 16.3 Å². The fourth-order valence-electron chi connectivity index (χ4n) is 3.15. The van der Waals surface area contributed by atoms with E-state index in [-0.39, 0.29) is 11.9 Å². The number of rotatable bonds is 7. The fourth-order valence-corrected chi connectivity index (χ4v) is 3.97. The third kappa shape index (κ3) is 5.76. The molecule has 1 saturated heterocycles. The van der Waals surface area contributed by atoms with Crippen molar-refractivity contribution >= 4 is 17.2 Å². The Morgan fingerprint density at radius 3 is 2.48 bits per heavy atom. The molecule has 1 amide bonds. The number of nitrogens with zero attached hydrogens (tertiary/aromatic N) is 3. The standard InChI is InChI=1S/C20H28N4O2S/c1-15(2)21-19(25)13-24-10-8-23(9-11-24)12-17-14-27-20(22-17)16-4-6-18(26-3)7-5-16/h4-7,14-15H,8-13H2,1-3H3,(H,21,25). The summed E-state index contributed by atoms with van der Waals surface area (Å²) >= 11 is 1.68. The van der Waals surface area contributed by atoms with Crippen molar-refractivity contribution in [2.75, 3.05) is 39.8 Å². The Morgan fingerprint density at radius 1 is 1.19 bits per heavy atom. The lowest BCUT2D eigenvalue weighted by Crippen LogP contribution is -2.49. The van der Waals surface area contributed by atoms with Crippen LogP contribution in [0.25, 0.3) is 10.6 Å². The molecule has 1 aromatic heterocycles. The van der Waals surface area contributed by atoms with Gasteiger partial charge in [-0.3, -0.25) is 14.6 Å². The van der Waals surface area contributed by atoms with Gasteiger partial charge in [-0.1, -0.05) is 0 Å². The summed E-state index contributed by atoms with van der Waals surface area (Å²) in [5, 5.41) is 6.14. The topological polar surface area (TPSA) is 57.7 Å². The summed E-state index contributed by atoms with van der Waals surface area (Å²) in [5.41, 5.74) is 2.23. The van der Waals surface area contributed by atoms with Crippen LogP contribution in [0.3, 0.4) is 0 Å². The molecule has 1 fully saturated rings. The van der Waals surface area contributed by atoms with Crippen LogP contribution in [-0.2, 0) is 11.3 Å². The number of benzene rings is 1. The highest BCUT2D eigenvalue weighted by molar-refractivity contribution is 7.13. The van der Waals surface area contributed by atoms with Crippen molar-refractivity contribution < 1.29 is 9.53 Å². The van der Waals surface area contributed by atoms with Gasteiger partial charge in [0.05, 0.1) is 19.3 Å². The van der Waals surface area contributed by atoms with Crippen LogP contribution in [0.15, 0.2) is 29.6 Å². The number of amides is 1. The van der Waals surface area contributed by atoms with Crippen LogP contribution in [-0.4, -0.2) is 66.6 Å². The van der Waals surface area contributed by atoms with Gasteiger partial charge in [-0.2, -0.15) is 0 Å². The zero-order valence-corrected chi connectivity index (χ0v) is 17.1. The van der Waals surface area contributed by atoms with E-state index in [0.717, 1.165) is 54.7 Å². The Bertz CT molecular complexity index is 737. The van der Waals surface area contributed by atoms with E-state index in [1.165, 1.54) is 0 Å². The third-order valence-electron chi connectivity index (χ3n) is 4.56. The molecule has 0 saturated carbocycles. The highest BCUT2D eigenvalue weighted by Gasteiger charge is 2.20. The SMILES string of the molecule is COc1ccc(-c2nc(CN3CCN(CC(=O)NC(C)C)CC3)cs2)cc1. The van der Waals surface area contributed by atoms with Gasteiger partial charge in [-0.05, 0) is 38.1 Å². The van der Waals surface area contributed by atoms with Crippen molar-refractivity contribution in [2.24, 2.45) is 0 Å². The molecule has 0 aliphatic carbocycles. The number of ether oxygens (including phenoxy) is 1. The lowest BCUT2D eigenvalue weighted by molar-refractivity contribution is -0.123. The average Bonchev–Trinajstić information content (AvgIpc) is 3.11. The molecule has 2 aromatic rings. The summed E-state index contributed by atoms with van der Waals surface area (Å²) in [6, 6.07) is 8.21. The predicted octanol–water partition coefficient (Wildman–Crippen LogP) is 2.46. The molecule has 0 bridgehead atoms. The normalized spacial score (nSPS) is 15.9. The van der Waals surface area contributed by atoms with Gasteiger partial charge in [0.15, 0.2) is 0 Å². The van der Waals surface area contributed by atoms with Crippen molar-refractivity contribution in [3.63, 3.8) is 0 Å². The van der Waals surface area contributed by atoms with Gasteiger partial charge in [-0.25, -0.2) is 4.98 Å². The van der Waals surface area contributed by atoms with Crippen LogP contribution >= 0.6 is 11.3 Å². The second kappa shape index (κ2) is 9.30. The zero-order chi connectivity index (χ0) is 19.2. The molecule has 6 nitrogen and oxygen atoms in total. The quantitative estimate of drug-likeness (QED) is 0.790. The minimum absolute atomic E-state index is 0.113. The number of aromatic nitrogens is 1. The summed E-state index contributed by atoms with van der Waals surface area (Å²) in [5.74, 6) is 0.970. The van der Waals surface area contributed by atoms with Crippen LogP contribution in [0.4, 0.5) is 0 Å². The molecular formula is C20H28N4O2S. The van der Waals surface area contributed by atoms with E-state index < -0.39 is 0 Å². The van der Waals surface area contributed by atoms with Gasteiger partial charge >= 0.3 is 0 Å². The highest BCUT2D eigenvalue weighted by atomic mass is 32.1. The first-order chi connectivity index (χ1) is 13.0. The molecule has 1 aliphatic rings. The second-order valence-electron chi connectivity index (χ2n) is 7.15. The van der Waals surface area contributed by atoms with E-state index >= 15 is 0 Å². The second-order valence-corrected chi connectivity index (χ2v) is 8.01. The summed E-state index contributed by atoms with van der Waals surface area (Å²) in [6.07, 6.45) is 0. The van der Waals surface area contributed by atoms with Crippen molar-refractivity contribution in [1.82, 2.24) is 20.1 Å². The summed E-state index contributed by atoms with van der Waals surface area (Å²) < 4.78 is 5.21. The number of carbonyl (C=O) groups is 1. The number of carbonyl (C=O) groups excluding carboxylic acids is 1. The van der Waals surface area contributed by atoms with E-state index in [1.807, 2.05) is 38.1 Å². The first kappa shape index (κ1) is 19.8. The Labute approximate surface area is 165 Å². The molecule has 1 N–H and O–H groups in total. The van der Waals surface area contributed by atoms with E-state index in [9.17, 15) is 4.79 Å². The summed E-state index contributed by atoms with van der Waals surface area (Å²) in [4.78, 5) is 21.3. The minimum atomic E-state index is 0.113. The zero-order valence-electron chi connectivity index (χ0n) is 16.3. The maximum absolute atomic E-state index is 11.9. The Kier molecular flexibility index (Phi) is 6.82. The van der Waals surface area contributed by atoms with Gasteiger partial charge in [0.25, 0.3) is 0 Å². The number of hydrogen-bond donors (Lipinski definition) is 1. The molecule has 0 unspecified atom stereocenters. The van der Waals surface area contributed by atoms with Gasteiger partial charge in [0.1, 0.15) is 10.8 Å². The van der Waals surface area contributed by atoms with E-state index in [1.54, 1.807) is 18.4 Å². The Morgan fingerprint density at radius 2 is 1.85 bits per heavy atom. The van der Waals surface area contributed by atoms with Crippen LogP contribution in [0.2, 0.25) is 0 Å². The number of methoxy groups -OCH3 is 1. The van der Waals surface area contributed by atoms with Crippen LogP contribution in [0, 0.1) is 0 Å². The number of hydrogen-bond acceptors (Lipinski definition) is 6. The minimum Gasteiger partial charge on any atom is -0.497 e. The maximum atomic E-state index is 11.9. The first-order valence-corrected chi connectivity index (χ1v) is 10.2. The predicted molar refractivity (Wildman–Crippen MR) is 109 cm³/mol. The van der Waals surface area contributed by atoms with E-state index in [2.05, 4.69) is 20.5 Å². The fraction of sp³-hybridized carbons (Fsp3) is 0.500. The number of thiazole rings is 1. The largest absolute Gasteiger partial charge is 0.497 e. The first-order valence-electron chi connectivity index (χ1n) is 9.36. The van der Waals surface area contributed by atoms with Crippen molar-refractivity contribution in [2.45, 2.75) is 26.4 Å². The molecule has 27 heavy (non-hydrogen) atoms. The van der Waals surface area contributed by atoms with Gasteiger partial charge in [0, 0.05) is 49.7 Å². The van der Waals surface area contributed by atoms with Crippen molar-refractivity contribution in [1.29, 1.82) is 0 Å². The highest BCUT2D eigenvalue weighted by Crippen LogP contribution is 2.26. The molecule has 0 atom stereocenters. The monoisotopic (exact) mass is 388 g/mol. The molecule has 146 valence electrons. The van der Waals surface area contributed by atoms with E-state index in [4.69, 9.17) is 9.72 Å². The van der Waals surface area contributed by atoms with E-state index in [0.29, 0.717) is 6.54 Å². The average molecular weight is 389 g/mol. The molecular weight excluding hydrogens is 360 g/mol. The molecule has 1 aromatic carbocycles. The van der Waals surface area contributed by atoms with Gasteiger partial charge in [-0.15, -0.1) is 11.3 Å². The van der Waals surface area contributed by atoms with Crippen LogP contribution < -0.4 is 10.1 Å². The smallest absolute Gasteiger partial charge is 0.234 e. The molecule has 1 aliphatic heterocycles. The molecule has 0 radical (unpaired) electrons. The molecule has 0 spiro atoms. The number of nitrogens with one attached hydrogen (secondary N) is 1. The molecule has 2 heterocycles. The van der Waals surface area contributed by atoms with Crippen LogP contribution in [0.1, 0.15) is 19.5 Å². The Balaban J connectivity index is 1.48. The summed E-state index contributed by atoms with van der Waals surface area (Å²) in [6.45, 7) is 9.09. The molecule has 3 rings (SSSR count). The van der Waals surface area contributed by atoms with Crippen LogP contribution in [0.5, 0.6) is 5.75 Å². The molecule has 7 heteroatoms. The van der Waals surface area contributed by atoms with Gasteiger partial charge in [0.2, 0.25) is 5.91 Å². The number of piperazine rings is 1. The maximum Gasteiger partial charge on any atom is 0.234 e. The van der Waals surface area contributed by atoms with Crippen molar-refractivity contribution in [3.05, 3.63) is 35.3 Å². The lowest BCUT2D eigenvalue weighted by Gasteiger charge is -2.34. The third-order valence-corrected chi connectivity index (χ3v) is 5.50. The van der Waals surface area contributed by atoms with Gasteiger partial charge < -0.3 is 10.1 Å².